The van der Waals surface area contributed by atoms with Crippen molar-refractivity contribution in [3.05, 3.63) is 24.3 Å². The summed E-state index contributed by atoms with van der Waals surface area (Å²) in [6, 6.07) is 7.64. The summed E-state index contributed by atoms with van der Waals surface area (Å²) in [6.07, 6.45) is 0. The highest BCUT2D eigenvalue weighted by Crippen LogP contribution is 2.14. The number of H-pyrrole nitrogens is 1. The zero-order chi connectivity index (χ0) is 8.39. The number of hydrogen-bond donors (Lipinski definition) is 1. The van der Waals surface area contributed by atoms with Gasteiger partial charge in [0.2, 0.25) is 6.86 Å². The molecule has 0 aliphatic carbocycles. The van der Waals surface area contributed by atoms with Gasteiger partial charge in [-0.2, -0.15) is 4.98 Å². The van der Waals surface area contributed by atoms with Crippen LogP contribution >= 0.6 is 0 Å². The Morgan fingerprint density at radius 2 is 2.25 bits per heavy atom. The Kier molecular flexibility index (Phi) is 1.66. The Hall–Kier alpha value is -1.58. The predicted octanol–water partition coefficient (Wildman–Crippen LogP) is 1.87. The number of nitrogens with zero attached hydrogens (tertiary/aromatic N) is 1. The fraction of sp³-hybridized carbons (Fsp3) is 0.125. The van der Waals surface area contributed by atoms with Crippen LogP contribution in [0, 0.1) is 0 Å². The van der Waals surface area contributed by atoms with Crippen molar-refractivity contribution in [3.8, 4) is 6.01 Å². The second-order valence-electron chi connectivity index (χ2n) is 2.31. The number of nitrogens with one attached hydrogen (secondary N) is 1. The van der Waals surface area contributed by atoms with Crippen LogP contribution < -0.4 is 4.74 Å². The molecule has 3 nitrogen and oxygen atoms in total. The molecule has 0 spiro atoms. The molecule has 0 fully saturated rings. The summed E-state index contributed by atoms with van der Waals surface area (Å²) >= 11 is 0. The molecule has 0 radical (unpaired) electrons. The van der Waals surface area contributed by atoms with Crippen LogP contribution in [0.15, 0.2) is 24.3 Å². The van der Waals surface area contributed by atoms with Gasteiger partial charge in [0.15, 0.2) is 0 Å². The van der Waals surface area contributed by atoms with Crippen molar-refractivity contribution >= 4 is 11.0 Å². The molecule has 1 N–H and O–H groups in total. The molecule has 0 saturated carbocycles. The van der Waals surface area contributed by atoms with Crippen LogP contribution in [0.2, 0.25) is 0 Å². The van der Waals surface area contributed by atoms with E-state index in [1.165, 1.54) is 0 Å². The van der Waals surface area contributed by atoms with Gasteiger partial charge in [0.05, 0.1) is 11.0 Å². The first kappa shape index (κ1) is 7.09. The lowest BCUT2D eigenvalue weighted by molar-refractivity contribution is 0.179. The van der Waals surface area contributed by atoms with Crippen LogP contribution in [0.25, 0.3) is 11.0 Å². The molecule has 0 amide bonds. The monoisotopic (exact) mass is 166 g/mol. The average molecular weight is 166 g/mol. The summed E-state index contributed by atoms with van der Waals surface area (Å²) in [5, 5.41) is 0. The van der Waals surface area contributed by atoms with Crippen molar-refractivity contribution in [2.24, 2.45) is 0 Å². The average Bonchev–Trinajstić information content (AvgIpc) is 2.47. The van der Waals surface area contributed by atoms with Gasteiger partial charge in [-0.1, -0.05) is 12.1 Å². The maximum Gasteiger partial charge on any atom is 0.296 e. The first-order chi connectivity index (χ1) is 5.90. The first-order valence-electron chi connectivity index (χ1n) is 3.53. The minimum atomic E-state index is -0.861. The molecular weight excluding hydrogens is 159 g/mol. The van der Waals surface area contributed by atoms with Gasteiger partial charge < -0.3 is 9.72 Å². The molecule has 0 atom stereocenters. The van der Waals surface area contributed by atoms with Gasteiger partial charge in [-0.05, 0) is 12.1 Å². The van der Waals surface area contributed by atoms with Crippen molar-refractivity contribution in [2.45, 2.75) is 0 Å². The Bertz CT molecular complexity index is 352. The molecule has 2 rings (SSSR count). The molecule has 0 aliphatic heterocycles. The number of halogens is 1. The molecule has 0 aliphatic rings. The topological polar surface area (TPSA) is 37.9 Å². The van der Waals surface area contributed by atoms with E-state index in [-0.39, 0.29) is 6.01 Å². The number of hydrogen-bond acceptors (Lipinski definition) is 2. The lowest BCUT2D eigenvalue weighted by Gasteiger charge is -1.90. The van der Waals surface area contributed by atoms with Gasteiger partial charge in [0, 0.05) is 0 Å². The van der Waals surface area contributed by atoms with Crippen molar-refractivity contribution in [3.63, 3.8) is 0 Å². The molecule has 1 aromatic heterocycles. The second kappa shape index (κ2) is 2.81. The number of benzene rings is 1. The highest BCUT2D eigenvalue weighted by Gasteiger charge is 2.00. The van der Waals surface area contributed by atoms with E-state index in [1.54, 1.807) is 0 Å². The van der Waals surface area contributed by atoms with Gasteiger partial charge in [0.1, 0.15) is 0 Å². The number of rotatable bonds is 2. The van der Waals surface area contributed by atoms with E-state index in [2.05, 4.69) is 14.7 Å². The molecule has 0 unspecified atom stereocenters. The molecule has 1 aromatic carbocycles. The van der Waals surface area contributed by atoms with E-state index in [0.29, 0.717) is 0 Å². The lowest BCUT2D eigenvalue weighted by atomic mass is 10.3. The quantitative estimate of drug-likeness (QED) is 0.739. The van der Waals surface area contributed by atoms with Crippen molar-refractivity contribution in [1.82, 2.24) is 9.97 Å². The van der Waals surface area contributed by atoms with Gasteiger partial charge in [-0.15, -0.1) is 0 Å². The van der Waals surface area contributed by atoms with E-state index in [0.717, 1.165) is 11.0 Å². The van der Waals surface area contributed by atoms with E-state index in [9.17, 15) is 4.39 Å². The maximum atomic E-state index is 11.7. The Morgan fingerprint density at radius 3 is 3.00 bits per heavy atom. The van der Waals surface area contributed by atoms with Crippen LogP contribution in [0.3, 0.4) is 0 Å². The normalized spacial score (nSPS) is 10.4. The van der Waals surface area contributed by atoms with Gasteiger partial charge >= 0.3 is 0 Å². The highest BCUT2D eigenvalue weighted by molar-refractivity contribution is 5.75. The number of ether oxygens (including phenoxy) is 1. The van der Waals surface area contributed by atoms with E-state index >= 15 is 0 Å². The number of imidazole rings is 1. The summed E-state index contributed by atoms with van der Waals surface area (Å²) in [5.41, 5.74) is 1.63. The molecule has 1 heterocycles. The zero-order valence-corrected chi connectivity index (χ0v) is 6.25. The van der Waals surface area contributed by atoms with Crippen LogP contribution in [0.4, 0.5) is 4.39 Å². The minimum absolute atomic E-state index is 0.221. The van der Waals surface area contributed by atoms with Crippen molar-refractivity contribution in [1.29, 1.82) is 0 Å². The van der Waals surface area contributed by atoms with Crippen LogP contribution in [0.5, 0.6) is 6.01 Å². The van der Waals surface area contributed by atoms with Crippen molar-refractivity contribution < 1.29 is 9.13 Å². The molecular formula is C8H7FN2O. The largest absolute Gasteiger partial charge is 0.433 e. The number of aromatic amines is 1. The molecule has 12 heavy (non-hydrogen) atoms. The third-order valence-corrected chi connectivity index (χ3v) is 1.56. The predicted molar refractivity (Wildman–Crippen MR) is 42.7 cm³/mol. The smallest absolute Gasteiger partial charge is 0.296 e. The Morgan fingerprint density at radius 1 is 1.42 bits per heavy atom. The third-order valence-electron chi connectivity index (χ3n) is 1.56. The maximum absolute atomic E-state index is 11.7. The van der Waals surface area contributed by atoms with Crippen LogP contribution in [0.1, 0.15) is 0 Å². The molecule has 2 aromatic rings. The standard InChI is InChI=1S/C8H7FN2O/c9-5-12-8-10-6-3-1-2-4-7(6)11-8/h1-4H,5H2,(H,10,11). The lowest BCUT2D eigenvalue weighted by Crippen LogP contribution is -1.90. The number of alkyl halides is 1. The summed E-state index contributed by atoms with van der Waals surface area (Å²) in [7, 11) is 0. The number of aromatic nitrogens is 2. The SMILES string of the molecule is FCOc1nc2ccccc2[nH]1. The Balaban J connectivity index is 2.47. The van der Waals surface area contributed by atoms with Gasteiger partial charge in [-0.25, -0.2) is 4.39 Å². The molecule has 0 saturated heterocycles. The van der Waals surface area contributed by atoms with E-state index in [4.69, 9.17) is 0 Å². The first-order valence-corrected chi connectivity index (χ1v) is 3.53. The van der Waals surface area contributed by atoms with Crippen LogP contribution in [-0.2, 0) is 0 Å². The molecule has 4 heteroatoms. The molecule has 62 valence electrons. The summed E-state index contributed by atoms with van der Waals surface area (Å²) < 4.78 is 16.3. The zero-order valence-electron chi connectivity index (χ0n) is 6.25. The van der Waals surface area contributed by atoms with Gasteiger partial charge in [-0.3, -0.25) is 0 Å². The highest BCUT2D eigenvalue weighted by atomic mass is 19.1. The summed E-state index contributed by atoms with van der Waals surface area (Å²) in [6.45, 7) is -0.861. The van der Waals surface area contributed by atoms with Gasteiger partial charge in [0.25, 0.3) is 6.01 Å². The van der Waals surface area contributed by atoms with E-state index in [1.807, 2.05) is 24.3 Å². The van der Waals surface area contributed by atoms with Crippen LogP contribution in [-0.4, -0.2) is 16.8 Å². The fourth-order valence-electron chi connectivity index (χ4n) is 1.05. The fourth-order valence-corrected chi connectivity index (χ4v) is 1.05. The second-order valence-corrected chi connectivity index (χ2v) is 2.31. The number of para-hydroxylation sites is 2. The van der Waals surface area contributed by atoms with E-state index < -0.39 is 6.86 Å². The Labute approximate surface area is 68.2 Å². The van der Waals surface area contributed by atoms with Crippen molar-refractivity contribution in [2.75, 3.05) is 6.86 Å². The summed E-state index contributed by atoms with van der Waals surface area (Å²) in [5.74, 6) is 0. The molecule has 0 bridgehead atoms. The number of fused-ring (bicyclic) bond motifs is 1. The third kappa shape index (κ3) is 1.11. The minimum Gasteiger partial charge on any atom is -0.433 e. The summed E-state index contributed by atoms with van der Waals surface area (Å²) in [4.78, 5) is 6.81.